The van der Waals surface area contributed by atoms with Crippen LogP contribution in [0.4, 0.5) is 5.69 Å². The normalized spacial score (nSPS) is 18.1. The maximum Gasteiger partial charge on any atom is 0.270 e. The van der Waals surface area contributed by atoms with Crippen LogP contribution >= 0.6 is 0 Å². The predicted molar refractivity (Wildman–Crippen MR) is 104 cm³/mol. The SMILES string of the molecule is O=C(N/N=C/c1ccc(-c2cccc([N+](=O)[O-])c2)o1)[C@@H]1C[C@H]1c1ccccc1. The first-order valence-electron chi connectivity index (χ1n) is 8.84. The van der Waals surface area contributed by atoms with Crippen molar-refractivity contribution in [3.63, 3.8) is 0 Å². The van der Waals surface area contributed by atoms with E-state index in [2.05, 4.69) is 10.5 Å². The molecule has 1 N–H and O–H groups in total. The molecule has 0 bridgehead atoms. The minimum atomic E-state index is -0.453. The van der Waals surface area contributed by atoms with Gasteiger partial charge in [-0.25, -0.2) is 5.43 Å². The van der Waals surface area contributed by atoms with E-state index in [4.69, 9.17) is 4.42 Å². The molecule has 28 heavy (non-hydrogen) atoms. The summed E-state index contributed by atoms with van der Waals surface area (Å²) < 4.78 is 5.63. The monoisotopic (exact) mass is 375 g/mol. The minimum Gasteiger partial charge on any atom is -0.455 e. The molecule has 140 valence electrons. The first-order chi connectivity index (χ1) is 13.6. The number of nitro groups is 1. The molecular formula is C21H17N3O4. The van der Waals surface area contributed by atoms with Gasteiger partial charge < -0.3 is 4.42 Å². The zero-order valence-corrected chi connectivity index (χ0v) is 14.8. The van der Waals surface area contributed by atoms with Gasteiger partial charge in [0.2, 0.25) is 5.91 Å². The first-order valence-corrected chi connectivity index (χ1v) is 8.84. The summed E-state index contributed by atoms with van der Waals surface area (Å²) >= 11 is 0. The zero-order valence-electron chi connectivity index (χ0n) is 14.8. The van der Waals surface area contributed by atoms with Crippen molar-refractivity contribution in [1.82, 2.24) is 5.43 Å². The Hall–Kier alpha value is -3.74. The number of hydrogen-bond donors (Lipinski definition) is 1. The summed E-state index contributed by atoms with van der Waals surface area (Å²) in [6.45, 7) is 0. The van der Waals surface area contributed by atoms with Gasteiger partial charge in [0.1, 0.15) is 11.5 Å². The van der Waals surface area contributed by atoms with Gasteiger partial charge in [-0.15, -0.1) is 0 Å². The summed E-state index contributed by atoms with van der Waals surface area (Å²) in [6, 6.07) is 19.5. The second-order valence-electron chi connectivity index (χ2n) is 6.60. The van der Waals surface area contributed by atoms with Crippen molar-refractivity contribution in [2.75, 3.05) is 0 Å². The van der Waals surface area contributed by atoms with Crippen LogP contribution in [0.1, 0.15) is 23.7 Å². The molecule has 1 saturated carbocycles. The van der Waals surface area contributed by atoms with Gasteiger partial charge >= 0.3 is 0 Å². The number of amides is 1. The number of hydrazone groups is 1. The Labute approximate surface area is 160 Å². The Bertz CT molecular complexity index is 1040. The molecule has 1 aromatic heterocycles. The van der Waals surface area contributed by atoms with Gasteiger partial charge in [0.05, 0.1) is 11.1 Å². The van der Waals surface area contributed by atoms with Gasteiger partial charge in [-0.3, -0.25) is 14.9 Å². The fraction of sp³-hybridized carbons (Fsp3) is 0.143. The van der Waals surface area contributed by atoms with E-state index in [0.717, 1.165) is 6.42 Å². The van der Waals surface area contributed by atoms with Gasteiger partial charge in [0.25, 0.3) is 5.69 Å². The molecule has 0 unspecified atom stereocenters. The van der Waals surface area contributed by atoms with E-state index in [9.17, 15) is 14.9 Å². The number of hydrogen-bond acceptors (Lipinski definition) is 5. The second kappa shape index (κ2) is 7.48. The quantitative estimate of drug-likeness (QED) is 0.398. The maximum atomic E-state index is 12.2. The molecule has 0 radical (unpaired) electrons. The summed E-state index contributed by atoms with van der Waals surface area (Å²) in [7, 11) is 0. The van der Waals surface area contributed by atoms with Crippen molar-refractivity contribution in [2.45, 2.75) is 12.3 Å². The molecule has 0 aliphatic heterocycles. The van der Waals surface area contributed by atoms with E-state index in [0.29, 0.717) is 17.1 Å². The number of nitro benzene ring substituents is 1. The predicted octanol–water partition coefficient (Wildman–Crippen LogP) is 4.11. The van der Waals surface area contributed by atoms with Crippen molar-refractivity contribution in [2.24, 2.45) is 11.0 Å². The van der Waals surface area contributed by atoms with Crippen molar-refractivity contribution >= 4 is 17.8 Å². The van der Waals surface area contributed by atoms with E-state index in [1.807, 2.05) is 30.3 Å². The number of rotatable bonds is 6. The lowest BCUT2D eigenvalue weighted by atomic mass is 10.1. The molecular weight excluding hydrogens is 358 g/mol. The molecule has 3 aromatic rings. The number of benzene rings is 2. The van der Waals surface area contributed by atoms with Gasteiger partial charge in [-0.1, -0.05) is 42.5 Å². The molecule has 1 amide bonds. The Kier molecular flexibility index (Phi) is 4.72. The fourth-order valence-corrected chi connectivity index (χ4v) is 3.15. The van der Waals surface area contributed by atoms with Crippen LogP contribution in [0.2, 0.25) is 0 Å². The summed E-state index contributed by atoms with van der Waals surface area (Å²) in [5, 5.41) is 14.8. The van der Waals surface area contributed by atoms with E-state index in [-0.39, 0.29) is 23.4 Å². The number of carbonyl (C=O) groups excluding carboxylic acids is 1. The lowest BCUT2D eigenvalue weighted by Gasteiger charge is -1.99. The van der Waals surface area contributed by atoms with Crippen LogP contribution in [0, 0.1) is 16.0 Å². The average Bonchev–Trinajstić information content (AvgIpc) is 3.39. The van der Waals surface area contributed by atoms with Crippen molar-refractivity contribution in [1.29, 1.82) is 0 Å². The van der Waals surface area contributed by atoms with E-state index in [1.165, 1.54) is 23.9 Å². The minimum absolute atomic E-state index is 0.00576. The third-order valence-corrected chi connectivity index (χ3v) is 4.69. The standard InChI is InChI=1S/C21H17N3O4/c25-21(19-12-18(19)14-5-2-1-3-6-14)23-22-13-17-9-10-20(28-17)15-7-4-8-16(11-15)24(26)27/h1-11,13,18-19H,12H2,(H,23,25)/b22-13+/t18-,19+/m0/s1. The van der Waals surface area contributed by atoms with Crippen LogP contribution in [0.25, 0.3) is 11.3 Å². The number of nitrogens with zero attached hydrogens (tertiary/aromatic N) is 2. The van der Waals surface area contributed by atoms with E-state index >= 15 is 0 Å². The fourth-order valence-electron chi connectivity index (χ4n) is 3.15. The first kappa shape index (κ1) is 17.7. The Morgan fingerprint density at radius 1 is 1.14 bits per heavy atom. The second-order valence-corrected chi connectivity index (χ2v) is 6.60. The van der Waals surface area contributed by atoms with E-state index in [1.54, 1.807) is 24.3 Å². The largest absolute Gasteiger partial charge is 0.455 e. The van der Waals surface area contributed by atoms with Crippen molar-refractivity contribution < 1.29 is 14.1 Å². The van der Waals surface area contributed by atoms with Crippen LogP contribution in [-0.2, 0) is 4.79 Å². The van der Waals surface area contributed by atoms with Crippen LogP contribution in [0.5, 0.6) is 0 Å². The van der Waals surface area contributed by atoms with Crippen LogP contribution in [0.3, 0.4) is 0 Å². The molecule has 1 aliphatic rings. The highest BCUT2D eigenvalue weighted by Gasteiger charge is 2.43. The summed E-state index contributed by atoms with van der Waals surface area (Å²) in [5.41, 5.74) is 4.31. The lowest BCUT2D eigenvalue weighted by molar-refractivity contribution is -0.384. The lowest BCUT2D eigenvalue weighted by Crippen LogP contribution is -2.20. The Morgan fingerprint density at radius 2 is 1.96 bits per heavy atom. The summed E-state index contributed by atoms with van der Waals surface area (Å²) in [6.07, 6.45) is 2.24. The molecule has 1 fully saturated rings. The molecule has 1 aliphatic carbocycles. The maximum absolute atomic E-state index is 12.2. The molecule has 4 rings (SSSR count). The topological polar surface area (TPSA) is 97.7 Å². The van der Waals surface area contributed by atoms with Crippen LogP contribution in [0.15, 0.2) is 76.2 Å². The molecule has 7 nitrogen and oxygen atoms in total. The number of furan rings is 1. The van der Waals surface area contributed by atoms with Gasteiger partial charge in [0, 0.05) is 23.6 Å². The van der Waals surface area contributed by atoms with Crippen molar-refractivity contribution in [3.05, 3.63) is 88.2 Å². The summed E-state index contributed by atoms with van der Waals surface area (Å²) in [4.78, 5) is 22.6. The van der Waals surface area contributed by atoms with Crippen molar-refractivity contribution in [3.8, 4) is 11.3 Å². The summed E-state index contributed by atoms with van der Waals surface area (Å²) in [5.74, 6) is 1.01. The van der Waals surface area contributed by atoms with E-state index < -0.39 is 4.92 Å². The average molecular weight is 375 g/mol. The zero-order chi connectivity index (χ0) is 19.5. The number of nitrogens with one attached hydrogen (secondary N) is 1. The molecule has 0 saturated heterocycles. The smallest absolute Gasteiger partial charge is 0.270 e. The highest BCUT2D eigenvalue weighted by Crippen LogP contribution is 2.47. The molecule has 7 heteroatoms. The van der Waals surface area contributed by atoms with Gasteiger partial charge in [-0.05, 0) is 30.0 Å². The van der Waals surface area contributed by atoms with Gasteiger partial charge in [0.15, 0.2) is 0 Å². The molecule has 2 aromatic carbocycles. The Morgan fingerprint density at radius 3 is 2.75 bits per heavy atom. The number of non-ortho nitro benzene ring substituents is 1. The number of carbonyl (C=O) groups is 1. The van der Waals surface area contributed by atoms with Gasteiger partial charge in [-0.2, -0.15) is 5.10 Å². The van der Waals surface area contributed by atoms with Crippen LogP contribution in [-0.4, -0.2) is 17.0 Å². The third-order valence-electron chi connectivity index (χ3n) is 4.69. The molecule has 1 heterocycles. The van der Waals surface area contributed by atoms with Crippen LogP contribution < -0.4 is 5.43 Å². The highest BCUT2D eigenvalue weighted by atomic mass is 16.6. The Balaban J connectivity index is 1.35. The highest BCUT2D eigenvalue weighted by molar-refractivity contribution is 5.85. The molecule has 0 spiro atoms. The molecule has 2 atom stereocenters. The third kappa shape index (κ3) is 3.83.